The van der Waals surface area contributed by atoms with E-state index in [1.165, 1.54) is 4.68 Å². The van der Waals surface area contributed by atoms with Gasteiger partial charge in [-0.1, -0.05) is 30.3 Å². The predicted octanol–water partition coefficient (Wildman–Crippen LogP) is 2.88. The zero-order valence-electron chi connectivity index (χ0n) is 11.9. The van der Waals surface area contributed by atoms with Crippen molar-refractivity contribution in [2.45, 2.75) is 0 Å². The van der Waals surface area contributed by atoms with Crippen molar-refractivity contribution in [3.8, 4) is 11.4 Å². The predicted molar refractivity (Wildman–Crippen MR) is 85.7 cm³/mol. The fraction of sp³-hybridized carbons (Fsp3) is 0.0588. The average molecular weight is 291 g/mol. The van der Waals surface area contributed by atoms with E-state index in [-0.39, 0.29) is 5.56 Å². The Labute approximate surface area is 125 Å². The number of nitrogens with one attached hydrogen (secondary N) is 1. The highest BCUT2D eigenvalue weighted by Crippen LogP contribution is 2.27. The molecule has 22 heavy (non-hydrogen) atoms. The molecule has 0 spiro atoms. The molecule has 0 atom stereocenters. The molecule has 108 valence electrons. The molecule has 0 radical (unpaired) electrons. The van der Waals surface area contributed by atoms with Crippen molar-refractivity contribution in [3.05, 3.63) is 65.1 Å². The van der Waals surface area contributed by atoms with Crippen LogP contribution in [-0.4, -0.2) is 21.9 Å². The zero-order chi connectivity index (χ0) is 15.1. The summed E-state index contributed by atoms with van der Waals surface area (Å²) < 4.78 is 6.87. The summed E-state index contributed by atoms with van der Waals surface area (Å²) in [5.74, 6) is 0.688. The first kappa shape index (κ1) is 12.6. The third-order valence-electron chi connectivity index (χ3n) is 3.75. The third kappa shape index (κ3) is 1.72. The first-order valence-corrected chi connectivity index (χ1v) is 6.91. The Morgan fingerprint density at radius 2 is 1.86 bits per heavy atom. The number of benzene rings is 2. The molecule has 2 aromatic carbocycles. The maximum absolute atomic E-state index is 12.6. The van der Waals surface area contributed by atoms with Crippen LogP contribution in [0.15, 0.2) is 59.5 Å². The number of aromatic nitrogens is 3. The minimum Gasteiger partial charge on any atom is -0.494 e. The van der Waals surface area contributed by atoms with Gasteiger partial charge in [-0.25, -0.2) is 4.68 Å². The number of nitrogens with zero attached hydrogens (tertiary/aromatic N) is 2. The Morgan fingerprint density at radius 1 is 1.05 bits per heavy atom. The first-order valence-electron chi connectivity index (χ1n) is 6.91. The van der Waals surface area contributed by atoms with E-state index in [0.29, 0.717) is 11.1 Å². The largest absolute Gasteiger partial charge is 0.494 e. The van der Waals surface area contributed by atoms with E-state index in [0.717, 1.165) is 22.1 Å². The molecule has 0 aliphatic heterocycles. The number of fused-ring (bicyclic) bond motifs is 3. The van der Waals surface area contributed by atoms with Crippen molar-refractivity contribution >= 4 is 21.8 Å². The molecule has 2 heterocycles. The number of hydrogen-bond acceptors (Lipinski definition) is 3. The molecule has 0 saturated carbocycles. The second-order valence-corrected chi connectivity index (χ2v) is 4.99. The van der Waals surface area contributed by atoms with E-state index in [1.54, 1.807) is 13.3 Å². The van der Waals surface area contributed by atoms with Gasteiger partial charge in [-0.05, 0) is 18.2 Å². The number of H-pyrrole nitrogens is 1. The lowest BCUT2D eigenvalue weighted by Crippen LogP contribution is -2.13. The summed E-state index contributed by atoms with van der Waals surface area (Å²) in [4.78, 5) is 17.0. The van der Waals surface area contributed by atoms with Gasteiger partial charge in [0, 0.05) is 11.6 Å². The summed E-state index contributed by atoms with van der Waals surface area (Å²) in [7, 11) is 1.61. The van der Waals surface area contributed by atoms with Crippen molar-refractivity contribution < 1.29 is 4.74 Å². The van der Waals surface area contributed by atoms with Crippen LogP contribution in [-0.2, 0) is 0 Å². The molecular formula is C17H13N3O2. The molecule has 0 saturated heterocycles. The summed E-state index contributed by atoms with van der Waals surface area (Å²) in [6.45, 7) is 0. The highest BCUT2D eigenvalue weighted by molar-refractivity contribution is 6.04. The lowest BCUT2D eigenvalue weighted by atomic mass is 10.1. The third-order valence-corrected chi connectivity index (χ3v) is 3.75. The summed E-state index contributed by atoms with van der Waals surface area (Å²) >= 11 is 0. The molecular weight excluding hydrogens is 278 g/mol. The van der Waals surface area contributed by atoms with Crippen LogP contribution in [0.1, 0.15) is 0 Å². The van der Waals surface area contributed by atoms with Crippen LogP contribution < -0.4 is 10.3 Å². The van der Waals surface area contributed by atoms with Crippen LogP contribution >= 0.6 is 0 Å². The number of hydrogen-bond donors (Lipinski definition) is 1. The van der Waals surface area contributed by atoms with Crippen LogP contribution in [0.4, 0.5) is 0 Å². The Hall–Kier alpha value is -3.08. The van der Waals surface area contributed by atoms with E-state index < -0.39 is 0 Å². The Morgan fingerprint density at radius 3 is 2.64 bits per heavy atom. The van der Waals surface area contributed by atoms with Crippen LogP contribution in [0.3, 0.4) is 0 Å². The normalized spacial score (nSPS) is 11.1. The van der Waals surface area contributed by atoms with E-state index in [9.17, 15) is 4.79 Å². The molecule has 5 nitrogen and oxygen atoms in total. The second kappa shape index (κ2) is 4.73. The van der Waals surface area contributed by atoms with E-state index >= 15 is 0 Å². The van der Waals surface area contributed by atoms with Gasteiger partial charge in [-0.3, -0.25) is 14.9 Å². The minimum absolute atomic E-state index is 0.113. The number of para-hydroxylation sites is 2. The van der Waals surface area contributed by atoms with E-state index in [2.05, 4.69) is 10.1 Å². The SMILES string of the molecule is COc1cccc2c1ncc1c(=O)n(-c3ccccc3)[nH]c12. The second-order valence-electron chi connectivity index (χ2n) is 4.99. The van der Waals surface area contributed by atoms with Crippen LogP contribution in [0.5, 0.6) is 5.75 Å². The Balaban J connectivity index is 2.10. The fourth-order valence-electron chi connectivity index (χ4n) is 2.69. The Bertz CT molecular complexity index is 1030. The van der Waals surface area contributed by atoms with Crippen LogP contribution in [0, 0.1) is 0 Å². The quantitative estimate of drug-likeness (QED) is 0.618. The van der Waals surface area contributed by atoms with Gasteiger partial charge >= 0.3 is 0 Å². The summed E-state index contributed by atoms with van der Waals surface area (Å²) in [5, 5.41) is 4.61. The van der Waals surface area contributed by atoms with Gasteiger partial charge in [-0.2, -0.15) is 0 Å². The monoisotopic (exact) mass is 291 g/mol. The number of methoxy groups -OCH3 is 1. The summed E-state index contributed by atoms with van der Waals surface area (Å²) in [5.41, 5.74) is 2.18. The van der Waals surface area contributed by atoms with Crippen LogP contribution in [0.25, 0.3) is 27.5 Å². The zero-order valence-corrected chi connectivity index (χ0v) is 11.9. The fourth-order valence-corrected chi connectivity index (χ4v) is 2.69. The number of pyridine rings is 1. The first-order chi connectivity index (χ1) is 10.8. The van der Waals surface area contributed by atoms with Crippen molar-refractivity contribution in [1.29, 1.82) is 0 Å². The Kier molecular flexibility index (Phi) is 2.72. The molecule has 1 N–H and O–H groups in total. The van der Waals surface area contributed by atoms with Crippen molar-refractivity contribution in [2.24, 2.45) is 0 Å². The van der Waals surface area contributed by atoms with E-state index in [1.807, 2.05) is 48.5 Å². The van der Waals surface area contributed by atoms with Gasteiger partial charge in [0.05, 0.1) is 23.7 Å². The summed E-state index contributed by atoms with van der Waals surface area (Å²) in [6, 6.07) is 15.1. The van der Waals surface area contributed by atoms with Gasteiger partial charge in [0.25, 0.3) is 5.56 Å². The molecule has 2 aromatic heterocycles. The highest BCUT2D eigenvalue weighted by atomic mass is 16.5. The lowest BCUT2D eigenvalue weighted by molar-refractivity contribution is 0.419. The maximum Gasteiger partial charge on any atom is 0.280 e. The lowest BCUT2D eigenvalue weighted by Gasteiger charge is -2.04. The standard InChI is InChI=1S/C17H13N3O2/c1-22-14-9-5-8-12-15-13(10-18-16(12)14)17(21)20(19-15)11-6-3-2-4-7-11/h2-10,19H,1H3. The summed E-state index contributed by atoms with van der Waals surface area (Å²) in [6.07, 6.45) is 1.60. The molecule has 0 fully saturated rings. The molecule has 4 aromatic rings. The maximum atomic E-state index is 12.6. The molecule has 0 bridgehead atoms. The van der Waals surface area contributed by atoms with E-state index in [4.69, 9.17) is 4.74 Å². The molecule has 0 aliphatic carbocycles. The number of rotatable bonds is 2. The minimum atomic E-state index is -0.113. The number of ether oxygens (including phenoxy) is 1. The van der Waals surface area contributed by atoms with Gasteiger partial charge in [0.2, 0.25) is 0 Å². The van der Waals surface area contributed by atoms with Gasteiger partial charge in [0.1, 0.15) is 11.3 Å². The molecule has 5 heteroatoms. The van der Waals surface area contributed by atoms with Crippen molar-refractivity contribution in [2.75, 3.05) is 7.11 Å². The molecule has 0 unspecified atom stereocenters. The van der Waals surface area contributed by atoms with Crippen molar-refractivity contribution in [3.63, 3.8) is 0 Å². The molecule has 0 amide bonds. The number of aromatic amines is 1. The smallest absolute Gasteiger partial charge is 0.280 e. The van der Waals surface area contributed by atoms with Gasteiger partial charge in [0.15, 0.2) is 0 Å². The van der Waals surface area contributed by atoms with Crippen LogP contribution in [0.2, 0.25) is 0 Å². The highest BCUT2D eigenvalue weighted by Gasteiger charge is 2.13. The van der Waals surface area contributed by atoms with Crippen molar-refractivity contribution in [1.82, 2.24) is 14.8 Å². The molecule has 0 aliphatic rings. The molecule has 4 rings (SSSR count). The van der Waals surface area contributed by atoms with Gasteiger partial charge in [-0.15, -0.1) is 0 Å². The van der Waals surface area contributed by atoms with Gasteiger partial charge < -0.3 is 4.74 Å². The average Bonchev–Trinajstić information content (AvgIpc) is 2.92. The topological polar surface area (TPSA) is 59.9 Å².